The van der Waals surface area contributed by atoms with Crippen LogP contribution in [0, 0.1) is 11.3 Å². The van der Waals surface area contributed by atoms with Crippen LogP contribution in [0.5, 0.6) is 0 Å². The van der Waals surface area contributed by atoms with Gasteiger partial charge < -0.3 is 9.67 Å². The van der Waals surface area contributed by atoms with Crippen molar-refractivity contribution >= 4 is 29.2 Å². The van der Waals surface area contributed by atoms with Crippen molar-refractivity contribution < 1.29 is 9.90 Å². The predicted octanol–water partition coefficient (Wildman–Crippen LogP) is 4.89. The SMILES string of the molecule is N#C/C(=C/c1cccn1-c1cccc(C(=O)O)c1)c1cccc(Cl)c1. The van der Waals surface area contributed by atoms with Crippen molar-refractivity contribution in [3.05, 3.63) is 88.7 Å². The highest BCUT2D eigenvalue weighted by molar-refractivity contribution is 6.30. The quantitative estimate of drug-likeness (QED) is 0.682. The van der Waals surface area contributed by atoms with Crippen LogP contribution in [0.3, 0.4) is 0 Å². The summed E-state index contributed by atoms with van der Waals surface area (Å²) in [6.07, 6.45) is 3.57. The molecule has 0 fully saturated rings. The summed E-state index contributed by atoms with van der Waals surface area (Å²) in [6, 6.07) is 19.6. The Balaban J connectivity index is 2.06. The summed E-state index contributed by atoms with van der Waals surface area (Å²) in [7, 11) is 0. The van der Waals surface area contributed by atoms with Gasteiger partial charge in [-0.2, -0.15) is 5.26 Å². The molecule has 0 unspecified atom stereocenters. The summed E-state index contributed by atoms with van der Waals surface area (Å²) in [6.45, 7) is 0. The van der Waals surface area contributed by atoms with Crippen molar-refractivity contribution in [3.8, 4) is 11.8 Å². The second-order valence-electron chi connectivity index (χ2n) is 5.34. The van der Waals surface area contributed by atoms with Gasteiger partial charge in [0.1, 0.15) is 0 Å². The Kier molecular flexibility index (Phi) is 4.69. The van der Waals surface area contributed by atoms with E-state index in [1.807, 2.05) is 35.0 Å². The number of hydrogen-bond donors (Lipinski definition) is 1. The molecule has 4 nitrogen and oxygen atoms in total. The molecule has 0 spiro atoms. The van der Waals surface area contributed by atoms with Gasteiger partial charge in [-0.3, -0.25) is 0 Å². The molecule has 25 heavy (non-hydrogen) atoms. The van der Waals surface area contributed by atoms with E-state index in [4.69, 9.17) is 16.7 Å². The minimum Gasteiger partial charge on any atom is -0.478 e. The van der Waals surface area contributed by atoms with Gasteiger partial charge in [0.05, 0.1) is 17.2 Å². The Hall–Kier alpha value is -3.29. The Morgan fingerprint density at radius 3 is 2.56 bits per heavy atom. The average Bonchev–Trinajstić information content (AvgIpc) is 3.08. The molecule has 3 aromatic rings. The van der Waals surface area contributed by atoms with E-state index in [2.05, 4.69) is 6.07 Å². The maximum absolute atomic E-state index is 11.2. The summed E-state index contributed by atoms with van der Waals surface area (Å²) < 4.78 is 1.83. The van der Waals surface area contributed by atoms with E-state index in [0.717, 1.165) is 11.3 Å². The average molecular weight is 349 g/mol. The molecular weight excluding hydrogens is 336 g/mol. The van der Waals surface area contributed by atoms with Gasteiger partial charge in [0, 0.05) is 22.6 Å². The molecule has 0 aliphatic rings. The zero-order chi connectivity index (χ0) is 17.8. The van der Waals surface area contributed by atoms with Crippen molar-refractivity contribution in [1.82, 2.24) is 4.57 Å². The molecule has 5 heteroatoms. The zero-order valence-electron chi connectivity index (χ0n) is 13.1. The molecule has 0 aliphatic heterocycles. The lowest BCUT2D eigenvalue weighted by molar-refractivity contribution is 0.0697. The summed E-state index contributed by atoms with van der Waals surface area (Å²) in [5.74, 6) is -0.984. The van der Waals surface area contributed by atoms with Gasteiger partial charge in [-0.25, -0.2) is 4.79 Å². The summed E-state index contributed by atoms with van der Waals surface area (Å²) >= 11 is 6.00. The van der Waals surface area contributed by atoms with E-state index in [1.54, 1.807) is 36.4 Å². The Labute approximate surface area is 149 Å². The van der Waals surface area contributed by atoms with Crippen LogP contribution in [0.1, 0.15) is 21.6 Å². The van der Waals surface area contributed by atoms with Gasteiger partial charge in [-0.1, -0.05) is 29.8 Å². The van der Waals surface area contributed by atoms with Crippen LogP contribution < -0.4 is 0 Å². The third kappa shape index (κ3) is 3.63. The number of carboxylic acid groups (broad SMARTS) is 1. The van der Waals surface area contributed by atoms with Gasteiger partial charge in [-0.15, -0.1) is 0 Å². The van der Waals surface area contributed by atoms with Crippen molar-refractivity contribution in [2.75, 3.05) is 0 Å². The third-order valence-electron chi connectivity index (χ3n) is 3.70. The molecule has 1 aromatic heterocycles. The van der Waals surface area contributed by atoms with Crippen LogP contribution in [0.4, 0.5) is 0 Å². The van der Waals surface area contributed by atoms with E-state index in [1.165, 1.54) is 6.07 Å². The topological polar surface area (TPSA) is 66.0 Å². The molecule has 0 saturated carbocycles. The van der Waals surface area contributed by atoms with Gasteiger partial charge in [0.2, 0.25) is 0 Å². The van der Waals surface area contributed by atoms with Gasteiger partial charge in [0.25, 0.3) is 0 Å². The van der Waals surface area contributed by atoms with Crippen molar-refractivity contribution in [1.29, 1.82) is 5.26 Å². The van der Waals surface area contributed by atoms with Gasteiger partial charge >= 0.3 is 5.97 Å². The molecule has 0 aliphatic carbocycles. The highest BCUT2D eigenvalue weighted by Gasteiger charge is 2.08. The summed E-state index contributed by atoms with van der Waals surface area (Å²) in [5.41, 5.74) is 2.87. The van der Waals surface area contributed by atoms with Crippen molar-refractivity contribution in [2.24, 2.45) is 0 Å². The molecule has 0 amide bonds. The molecule has 122 valence electrons. The van der Waals surface area contributed by atoms with E-state index >= 15 is 0 Å². The number of benzene rings is 2. The van der Waals surface area contributed by atoms with Gasteiger partial charge in [-0.05, 0) is 54.1 Å². The number of hydrogen-bond acceptors (Lipinski definition) is 2. The largest absolute Gasteiger partial charge is 0.478 e. The number of nitriles is 1. The third-order valence-corrected chi connectivity index (χ3v) is 3.93. The van der Waals surface area contributed by atoms with Crippen LogP contribution in [-0.4, -0.2) is 15.6 Å². The summed E-state index contributed by atoms with van der Waals surface area (Å²) in [5, 5.41) is 19.2. The van der Waals surface area contributed by atoms with Crippen LogP contribution in [-0.2, 0) is 0 Å². The van der Waals surface area contributed by atoms with Crippen LogP contribution in [0.2, 0.25) is 5.02 Å². The molecule has 0 radical (unpaired) electrons. The summed E-state index contributed by atoms with van der Waals surface area (Å²) in [4.78, 5) is 11.2. The first-order valence-corrected chi connectivity index (χ1v) is 7.85. The fourth-order valence-electron chi connectivity index (χ4n) is 2.52. The van der Waals surface area contributed by atoms with Crippen LogP contribution >= 0.6 is 11.6 Å². The minimum atomic E-state index is -0.984. The maximum atomic E-state index is 11.2. The highest BCUT2D eigenvalue weighted by atomic mass is 35.5. The van der Waals surface area contributed by atoms with Gasteiger partial charge in [0.15, 0.2) is 0 Å². The minimum absolute atomic E-state index is 0.205. The first-order valence-electron chi connectivity index (χ1n) is 7.47. The van der Waals surface area contributed by atoms with Crippen LogP contribution in [0.15, 0.2) is 66.9 Å². The number of carbonyl (C=O) groups is 1. The van der Waals surface area contributed by atoms with Crippen molar-refractivity contribution in [2.45, 2.75) is 0 Å². The van der Waals surface area contributed by atoms with E-state index < -0.39 is 5.97 Å². The van der Waals surface area contributed by atoms with Crippen LogP contribution in [0.25, 0.3) is 17.3 Å². The zero-order valence-corrected chi connectivity index (χ0v) is 13.8. The number of aromatic carboxylic acids is 1. The molecule has 3 rings (SSSR count). The second-order valence-corrected chi connectivity index (χ2v) is 5.78. The number of carboxylic acids is 1. The molecule has 2 aromatic carbocycles. The smallest absolute Gasteiger partial charge is 0.335 e. The monoisotopic (exact) mass is 348 g/mol. The molecule has 0 saturated heterocycles. The van der Waals surface area contributed by atoms with E-state index in [9.17, 15) is 10.1 Å². The van der Waals surface area contributed by atoms with E-state index in [0.29, 0.717) is 16.3 Å². The van der Waals surface area contributed by atoms with Crippen molar-refractivity contribution in [3.63, 3.8) is 0 Å². The predicted molar refractivity (Wildman–Crippen MR) is 97.7 cm³/mol. The fraction of sp³-hybridized carbons (Fsp3) is 0. The number of allylic oxidation sites excluding steroid dienone is 1. The van der Waals surface area contributed by atoms with E-state index in [-0.39, 0.29) is 5.56 Å². The second kappa shape index (κ2) is 7.08. The molecular formula is C20H13ClN2O2. The molecule has 1 heterocycles. The Morgan fingerprint density at radius 1 is 1.08 bits per heavy atom. The molecule has 0 atom stereocenters. The number of aromatic nitrogens is 1. The lowest BCUT2D eigenvalue weighted by atomic mass is 10.1. The number of halogens is 1. The Morgan fingerprint density at radius 2 is 1.84 bits per heavy atom. The number of rotatable bonds is 4. The first kappa shape index (κ1) is 16.6. The lowest BCUT2D eigenvalue weighted by Crippen LogP contribution is -2.00. The Bertz CT molecular complexity index is 1010. The highest BCUT2D eigenvalue weighted by Crippen LogP contribution is 2.23. The standard InChI is InChI=1S/C20H13ClN2O2/c21-17-6-1-4-14(10-17)16(13-22)12-19-8-3-9-23(19)18-7-2-5-15(11-18)20(24)25/h1-12H,(H,24,25)/b16-12-. The molecule has 0 bridgehead atoms. The number of nitrogens with zero attached hydrogens (tertiary/aromatic N) is 2. The first-order chi connectivity index (χ1) is 12.1. The maximum Gasteiger partial charge on any atom is 0.335 e. The lowest BCUT2D eigenvalue weighted by Gasteiger charge is -2.08. The fourth-order valence-corrected chi connectivity index (χ4v) is 2.71. The molecule has 1 N–H and O–H groups in total. The normalized spacial score (nSPS) is 11.1.